The van der Waals surface area contributed by atoms with Crippen LogP contribution in [0.2, 0.25) is 0 Å². The standard InChI is InChI=1S/C19H28N2O5/c1-12-15(17(23)24)9-14(26-12)11-20(5)16(22)13-7-6-8-21(10-13)18(25)19(2,3)4/h9,13H,6-8,10-11H2,1-5H3,(H,23,24). The van der Waals surface area contributed by atoms with E-state index in [2.05, 4.69) is 0 Å². The number of hydrogen-bond donors (Lipinski definition) is 1. The summed E-state index contributed by atoms with van der Waals surface area (Å²) in [5.41, 5.74) is -0.351. The van der Waals surface area contributed by atoms with Crippen molar-refractivity contribution in [1.29, 1.82) is 0 Å². The van der Waals surface area contributed by atoms with Crippen LogP contribution < -0.4 is 0 Å². The van der Waals surface area contributed by atoms with Crippen LogP contribution in [-0.4, -0.2) is 52.8 Å². The number of carboxylic acid groups (broad SMARTS) is 1. The van der Waals surface area contributed by atoms with E-state index in [1.807, 2.05) is 20.8 Å². The molecule has 1 aromatic rings. The fraction of sp³-hybridized carbons (Fsp3) is 0.632. The number of piperidine rings is 1. The molecule has 0 aliphatic carbocycles. The predicted molar refractivity (Wildman–Crippen MR) is 95.6 cm³/mol. The number of likely N-dealkylation sites (tertiary alicyclic amines) is 1. The largest absolute Gasteiger partial charge is 0.478 e. The normalized spacial score (nSPS) is 17.9. The molecule has 26 heavy (non-hydrogen) atoms. The first-order valence-electron chi connectivity index (χ1n) is 8.87. The minimum Gasteiger partial charge on any atom is -0.478 e. The highest BCUT2D eigenvalue weighted by Gasteiger charge is 2.34. The van der Waals surface area contributed by atoms with E-state index < -0.39 is 11.4 Å². The Labute approximate surface area is 153 Å². The van der Waals surface area contributed by atoms with Crippen LogP contribution in [0, 0.1) is 18.3 Å². The third-order valence-electron chi connectivity index (χ3n) is 4.67. The molecular formula is C19H28N2O5. The van der Waals surface area contributed by atoms with Crippen LogP contribution in [0.4, 0.5) is 0 Å². The lowest BCUT2D eigenvalue weighted by molar-refractivity contribution is -0.145. The van der Waals surface area contributed by atoms with Crippen molar-refractivity contribution in [3.05, 3.63) is 23.2 Å². The van der Waals surface area contributed by atoms with Gasteiger partial charge in [-0.05, 0) is 25.8 Å². The summed E-state index contributed by atoms with van der Waals surface area (Å²) in [7, 11) is 1.67. The Kier molecular flexibility index (Phi) is 5.78. The zero-order valence-corrected chi connectivity index (χ0v) is 16.2. The number of aromatic carboxylic acids is 1. The molecule has 1 unspecified atom stereocenters. The monoisotopic (exact) mass is 364 g/mol. The van der Waals surface area contributed by atoms with Crippen molar-refractivity contribution < 1.29 is 23.9 Å². The van der Waals surface area contributed by atoms with Crippen molar-refractivity contribution in [2.24, 2.45) is 11.3 Å². The Bertz CT molecular complexity index is 701. The van der Waals surface area contributed by atoms with Crippen molar-refractivity contribution >= 4 is 17.8 Å². The van der Waals surface area contributed by atoms with Gasteiger partial charge in [-0.2, -0.15) is 0 Å². The Balaban J connectivity index is 2.02. The number of carbonyl (C=O) groups is 3. The molecule has 1 saturated heterocycles. The molecule has 7 heteroatoms. The number of nitrogens with zero attached hydrogens (tertiary/aromatic N) is 2. The fourth-order valence-electron chi connectivity index (χ4n) is 3.29. The zero-order valence-electron chi connectivity index (χ0n) is 16.2. The number of furan rings is 1. The Morgan fingerprint density at radius 1 is 1.35 bits per heavy atom. The van der Waals surface area contributed by atoms with Crippen molar-refractivity contribution in [3.8, 4) is 0 Å². The molecule has 0 spiro atoms. The van der Waals surface area contributed by atoms with Crippen LogP contribution in [0.25, 0.3) is 0 Å². The molecule has 0 aromatic carbocycles. The third kappa shape index (κ3) is 4.45. The lowest BCUT2D eigenvalue weighted by Crippen LogP contribution is -2.48. The molecule has 2 amide bonds. The van der Waals surface area contributed by atoms with Gasteiger partial charge in [-0.25, -0.2) is 4.79 Å². The van der Waals surface area contributed by atoms with Gasteiger partial charge in [0.1, 0.15) is 17.1 Å². The lowest BCUT2D eigenvalue weighted by Gasteiger charge is -2.37. The molecule has 0 radical (unpaired) electrons. The van der Waals surface area contributed by atoms with E-state index in [0.29, 0.717) is 24.6 Å². The van der Waals surface area contributed by atoms with Gasteiger partial charge in [-0.1, -0.05) is 20.8 Å². The maximum Gasteiger partial charge on any atom is 0.339 e. The Morgan fingerprint density at radius 2 is 2.00 bits per heavy atom. The molecule has 1 atom stereocenters. The summed E-state index contributed by atoms with van der Waals surface area (Å²) in [6.45, 7) is 8.55. The summed E-state index contributed by atoms with van der Waals surface area (Å²) < 4.78 is 5.45. The number of aryl methyl sites for hydroxylation is 1. The number of amides is 2. The zero-order chi connectivity index (χ0) is 19.6. The number of rotatable bonds is 4. The molecular weight excluding hydrogens is 336 g/mol. The average molecular weight is 364 g/mol. The first kappa shape index (κ1) is 20.0. The Morgan fingerprint density at radius 3 is 2.54 bits per heavy atom. The van der Waals surface area contributed by atoms with Crippen LogP contribution in [-0.2, 0) is 16.1 Å². The smallest absolute Gasteiger partial charge is 0.339 e. The van der Waals surface area contributed by atoms with E-state index in [9.17, 15) is 14.4 Å². The quantitative estimate of drug-likeness (QED) is 0.886. The summed E-state index contributed by atoms with van der Waals surface area (Å²) in [5, 5.41) is 9.09. The first-order chi connectivity index (χ1) is 12.0. The second kappa shape index (κ2) is 7.51. The van der Waals surface area contributed by atoms with E-state index >= 15 is 0 Å². The maximum absolute atomic E-state index is 12.8. The van der Waals surface area contributed by atoms with E-state index in [1.165, 1.54) is 6.07 Å². The molecule has 7 nitrogen and oxygen atoms in total. The molecule has 1 fully saturated rings. The molecule has 1 aliphatic heterocycles. The topological polar surface area (TPSA) is 91.1 Å². The van der Waals surface area contributed by atoms with Crippen LogP contribution in [0.5, 0.6) is 0 Å². The van der Waals surface area contributed by atoms with E-state index in [1.54, 1.807) is 23.8 Å². The van der Waals surface area contributed by atoms with Gasteiger partial charge in [0.05, 0.1) is 12.5 Å². The predicted octanol–water partition coefficient (Wildman–Crippen LogP) is 2.53. The van der Waals surface area contributed by atoms with Gasteiger partial charge in [0, 0.05) is 25.6 Å². The molecule has 1 aromatic heterocycles. The van der Waals surface area contributed by atoms with E-state index in [4.69, 9.17) is 9.52 Å². The van der Waals surface area contributed by atoms with Crippen LogP contribution in [0.3, 0.4) is 0 Å². The Hall–Kier alpha value is -2.31. The average Bonchev–Trinajstić information content (AvgIpc) is 2.93. The maximum atomic E-state index is 12.8. The molecule has 1 aliphatic rings. The molecule has 2 rings (SSSR count). The number of hydrogen-bond acceptors (Lipinski definition) is 4. The molecule has 144 valence electrons. The van der Waals surface area contributed by atoms with Gasteiger partial charge in [-0.3, -0.25) is 9.59 Å². The SMILES string of the molecule is Cc1oc(CN(C)C(=O)C2CCCN(C(=O)C(C)(C)C)C2)cc1C(=O)O. The highest BCUT2D eigenvalue weighted by Crippen LogP contribution is 2.25. The highest BCUT2D eigenvalue weighted by atomic mass is 16.4. The van der Waals surface area contributed by atoms with Gasteiger partial charge >= 0.3 is 5.97 Å². The first-order valence-corrected chi connectivity index (χ1v) is 8.87. The lowest BCUT2D eigenvalue weighted by atomic mass is 9.90. The molecule has 1 N–H and O–H groups in total. The van der Waals surface area contributed by atoms with E-state index in [0.717, 1.165) is 12.8 Å². The minimum atomic E-state index is -1.05. The summed E-state index contributed by atoms with van der Waals surface area (Å²) >= 11 is 0. The van der Waals surface area contributed by atoms with Crippen LogP contribution in [0.15, 0.2) is 10.5 Å². The third-order valence-corrected chi connectivity index (χ3v) is 4.67. The van der Waals surface area contributed by atoms with Crippen molar-refractivity contribution in [2.45, 2.75) is 47.1 Å². The highest BCUT2D eigenvalue weighted by molar-refractivity contribution is 5.89. The van der Waals surface area contributed by atoms with Gasteiger partial charge < -0.3 is 19.3 Å². The van der Waals surface area contributed by atoms with Crippen LogP contribution >= 0.6 is 0 Å². The van der Waals surface area contributed by atoms with Crippen LogP contribution in [0.1, 0.15) is 55.5 Å². The minimum absolute atomic E-state index is 0.0534. The molecule has 2 heterocycles. The molecule has 0 bridgehead atoms. The van der Waals surface area contributed by atoms with Gasteiger partial charge in [-0.15, -0.1) is 0 Å². The number of carboxylic acids is 1. The summed E-state index contributed by atoms with van der Waals surface area (Å²) in [5.74, 6) is -0.514. The second-order valence-corrected chi connectivity index (χ2v) is 8.02. The summed E-state index contributed by atoms with van der Waals surface area (Å²) in [4.78, 5) is 39.7. The van der Waals surface area contributed by atoms with Gasteiger partial charge in [0.2, 0.25) is 11.8 Å². The summed E-state index contributed by atoms with van der Waals surface area (Å²) in [6.07, 6.45) is 1.55. The van der Waals surface area contributed by atoms with E-state index in [-0.39, 0.29) is 29.8 Å². The van der Waals surface area contributed by atoms with Gasteiger partial charge in [0.15, 0.2) is 0 Å². The van der Waals surface area contributed by atoms with Crippen molar-refractivity contribution in [1.82, 2.24) is 9.80 Å². The van der Waals surface area contributed by atoms with Crippen molar-refractivity contribution in [2.75, 3.05) is 20.1 Å². The molecule has 0 saturated carbocycles. The fourth-order valence-corrected chi connectivity index (χ4v) is 3.29. The van der Waals surface area contributed by atoms with Gasteiger partial charge in [0.25, 0.3) is 0 Å². The van der Waals surface area contributed by atoms with Crippen molar-refractivity contribution in [3.63, 3.8) is 0 Å². The summed E-state index contributed by atoms with van der Waals surface area (Å²) in [6, 6.07) is 1.46. The number of carbonyl (C=O) groups excluding carboxylic acids is 2. The second-order valence-electron chi connectivity index (χ2n) is 8.02.